The van der Waals surface area contributed by atoms with E-state index < -0.39 is 0 Å². The van der Waals surface area contributed by atoms with E-state index in [1.807, 2.05) is 0 Å². The molecule has 0 spiro atoms. The van der Waals surface area contributed by atoms with Crippen LogP contribution in [-0.2, 0) is 0 Å². The molecule has 0 amide bonds. The molecule has 4 rings (SSSR count). The maximum absolute atomic E-state index is 3.85. The highest BCUT2D eigenvalue weighted by molar-refractivity contribution is 5.03. The van der Waals surface area contributed by atoms with Gasteiger partial charge in [-0.15, -0.1) is 0 Å². The van der Waals surface area contributed by atoms with E-state index in [0.29, 0.717) is 18.1 Å². The molecule has 19 heavy (non-hydrogen) atoms. The lowest BCUT2D eigenvalue weighted by Gasteiger charge is -2.41. The van der Waals surface area contributed by atoms with Crippen LogP contribution in [0.3, 0.4) is 0 Å². The van der Waals surface area contributed by atoms with Crippen LogP contribution in [0.25, 0.3) is 0 Å². The van der Waals surface area contributed by atoms with Gasteiger partial charge in [-0.1, -0.05) is 6.42 Å². The van der Waals surface area contributed by atoms with Gasteiger partial charge in [0.2, 0.25) is 0 Å². The second kappa shape index (κ2) is 5.32. The average Bonchev–Trinajstić information content (AvgIpc) is 3.11. The third kappa shape index (κ3) is 2.44. The molecule has 6 unspecified atom stereocenters. The molecule has 0 aromatic carbocycles. The van der Waals surface area contributed by atoms with Crippen molar-refractivity contribution in [1.82, 2.24) is 21.3 Å². The largest absolute Gasteiger partial charge is 0.313 e. The Morgan fingerprint density at radius 1 is 0.632 bits per heavy atom. The summed E-state index contributed by atoms with van der Waals surface area (Å²) in [7, 11) is 0. The first-order valence-electron chi connectivity index (χ1n) is 8.33. The number of piperidine rings is 2. The molecular formula is C15H28N4. The summed E-state index contributed by atoms with van der Waals surface area (Å²) in [4.78, 5) is 0. The first-order valence-corrected chi connectivity index (χ1v) is 8.33. The highest BCUT2D eigenvalue weighted by Crippen LogP contribution is 2.38. The maximum Gasteiger partial charge on any atom is 0.0347 e. The van der Waals surface area contributed by atoms with Gasteiger partial charge in [0.1, 0.15) is 0 Å². The predicted octanol–water partition coefficient (Wildman–Crippen LogP) is 0.0565. The van der Waals surface area contributed by atoms with E-state index in [9.17, 15) is 0 Å². The molecule has 2 bridgehead atoms. The van der Waals surface area contributed by atoms with Crippen molar-refractivity contribution in [2.45, 2.75) is 56.3 Å². The van der Waals surface area contributed by atoms with E-state index in [-0.39, 0.29) is 0 Å². The van der Waals surface area contributed by atoms with Gasteiger partial charge in [-0.05, 0) is 50.6 Å². The van der Waals surface area contributed by atoms with Gasteiger partial charge < -0.3 is 21.3 Å². The Bertz CT molecular complexity index is 307. The molecule has 4 N–H and O–H groups in total. The molecule has 3 aliphatic heterocycles. The summed E-state index contributed by atoms with van der Waals surface area (Å²) in [5.74, 6) is 1.83. The fraction of sp³-hybridized carbons (Fsp3) is 1.00. The Morgan fingerprint density at radius 3 is 2.11 bits per heavy atom. The fourth-order valence-electron chi connectivity index (χ4n) is 4.85. The number of hydrogen-bond acceptors (Lipinski definition) is 4. The molecule has 4 aliphatic rings. The zero-order valence-corrected chi connectivity index (χ0v) is 11.8. The first-order chi connectivity index (χ1) is 9.40. The van der Waals surface area contributed by atoms with Crippen molar-refractivity contribution in [3.63, 3.8) is 0 Å². The quantitative estimate of drug-likeness (QED) is 0.569. The number of piperazine rings is 1. The molecule has 0 radical (unpaired) electrons. The molecule has 3 saturated heterocycles. The number of fused-ring (bicyclic) bond motifs is 2. The Morgan fingerprint density at radius 2 is 1.47 bits per heavy atom. The van der Waals surface area contributed by atoms with E-state index in [1.54, 1.807) is 0 Å². The van der Waals surface area contributed by atoms with Crippen molar-refractivity contribution in [2.24, 2.45) is 11.8 Å². The van der Waals surface area contributed by atoms with Crippen molar-refractivity contribution < 1.29 is 0 Å². The van der Waals surface area contributed by atoms with Crippen LogP contribution in [0.4, 0.5) is 0 Å². The van der Waals surface area contributed by atoms with Crippen molar-refractivity contribution in [3.8, 4) is 0 Å². The van der Waals surface area contributed by atoms with Gasteiger partial charge in [0, 0.05) is 37.3 Å². The second-order valence-corrected chi connectivity index (χ2v) is 7.10. The van der Waals surface area contributed by atoms with E-state index in [2.05, 4.69) is 21.3 Å². The van der Waals surface area contributed by atoms with Crippen LogP contribution < -0.4 is 21.3 Å². The molecule has 4 fully saturated rings. The molecule has 3 heterocycles. The van der Waals surface area contributed by atoms with Crippen LogP contribution in [0, 0.1) is 11.8 Å². The molecule has 0 aromatic heterocycles. The predicted molar refractivity (Wildman–Crippen MR) is 77.2 cm³/mol. The van der Waals surface area contributed by atoms with Crippen molar-refractivity contribution in [1.29, 1.82) is 0 Å². The lowest BCUT2D eigenvalue weighted by molar-refractivity contribution is 0.199. The van der Waals surface area contributed by atoms with Crippen molar-refractivity contribution in [3.05, 3.63) is 0 Å². The van der Waals surface area contributed by atoms with Gasteiger partial charge in [-0.2, -0.15) is 0 Å². The van der Waals surface area contributed by atoms with E-state index >= 15 is 0 Å². The summed E-state index contributed by atoms with van der Waals surface area (Å²) in [5, 5.41) is 15.1. The second-order valence-electron chi connectivity index (χ2n) is 7.10. The van der Waals surface area contributed by atoms with Crippen LogP contribution in [0.5, 0.6) is 0 Å². The highest BCUT2D eigenvalue weighted by atomic mass is 15.1. The van der Waals surface area contributed by atoms with Crippen LogP contribution in [-0.4, -0.2) is 50.3 Å². The molecule has 4 nitrogen and oxygen atoms in total. The maximum atomic E-state index is 3.85. The van der Waals surface area contributed by atoms with Gasteiger partial charge >= 0.3 is 0 Å². The average molecular weight is 264 g/mol. The zero-order valence-electron chi connectivity index (χ0n) is 11.8. The lowest BCUT2D eigenvalue weighted by Crippen LogP contribution is -2.64. The molecule has 1 saturated carbocycles. The topological polar surface area (TPSA) is 48.1 Å². The Labute approximate surface area is 116 Å². The van der Waals surface area contributed by atoms with Crippen LogP contribution in [0.1, 0.15) is 32.1 Å². The van der Waals surface area contributed by atoms with Crippen LogP contribution in [0.15, 0.2) is 0 Å². The molecule has 0 aromatic rings. The van der Waals surface area contributed by atoms with Gasteiger partial charge in [-0.25, -0.2) is 0 Å². The van der Waals surface area contributed by atoms with Gasteiger partial charge in [0.05, 0.1) is 0 Å². The van der Waals surface area contributed by atoms with Crippen molar-refractivity contribution in [2.75, 3.05) is 26.2 Å². The smallest absolute Gasteiger partial charge is 0.0347 e. The first kappa shape index (κ1) is 12.6. The summed E-state index contributed by atoms with van der Waals surface area (Å²) < 4.78 is 0. The normalized spacial score (nSPS) is 50.5. The minimum Gasteiger partial charge on any atom is -0.313 e. The summed E-state index contributed by atoms with van der Waals surface area (Å²) in [6, 6.07) is 2.83. The summed E-state index contributed by atoms with van der Waals surface area (Å²) in [6.07, 6.45) is 6.98. The monoisotopic (exact) mass is 264 g/mol. The summed E-state index contributed by atoms with van der Waals surface area (Å²) in [5.41, 5.74) is 0. The third-order valence-electron chi connectivity index (χ3n) is 5.93. The Kier molecular flexibility index (Phi) is 3.52. The van der Waals surface area contributed by atoms with Crippen molar-refractivity contribution >= 4 is 0 Å². The summed E-state index contributed by atoms with van der Waals surface area (Å²) in [6.45, 7) is 4.80. The fourth-order valence-corrected chi connectivity index (χ4v) is 4.85. The Balaban J connectivity index is 1.30. The SMILES string of the molecule is C1CCC(C2CNC(C3CC4CNC3C4)CN2)NC1. The number of rotatable bonds is 2. The number of hydrogen-bond donors (Lipinski definition) is 4. The van der Waals surface area contributed by atoms with Gasteiger partial charge in [0.25, 0.3) is 0 Å². The molecule has 6 atom stereocenters. The van der Waals surface area contributed by atoms with E-state index in [0.717, 1.165) is 24.4 Å². The third-order valence-corrected chi connectivity index (χ3v) is 5.93. The minimum absolute atomic E-state index is 0.642. The zero-order chi connectivity index (χ0) is 12.7. The van der Waals surface area contributed by atoms with E-state index in [4.69, 9.17) is 0 Å². The lowest BCUT2D eigenvalue weighted by atomic mass is 9.88. The number of nitrogens with one attached hydrogen (secondary N) is 4. The molecule has 1 aliphatic carbocycles. The molecular weight excluding hydrogens is 236 g/mol. The highest BCUT2D eigenvalue weighted by Gasteiger charge is 2.44. The standard InChI is InChI=1S/C15H28N4/c1-2-4-16-12(3-1)15-9-18-14(8-19-15)11-5-10-6-13(11)17-7-10/h10-19H,1-9H2. The van der Waals surface area contributed by atoms with Crippen LogP contribution in [0.2, 0.25) is 0 Å². The molecule has 108 valence electrons. The van der Waals surface area contributed by atoms with Gasteiger partial charge in [-0.3, -0.25) is 0 Å². The minimum atomic E-state index is 0.642. The van der Waals surface area contributed by atoms with Gasteiger partial charge in [0.15, 0.2) is 0 Å². The summed E-state index contributed by atoms with van der Waals surface area (Å²) >= 11 is 0. The molecule has 4 heteroatoms. The van der Waals surface area contributed by atoms with Crippen LogP contribution >= 0.6 is 0 Å². The Hall–Kier alpha value is -0.160. The van der Waals surface area contributed by atoms with E-state index in [1.165, 1.54) is 51.7 Å².